The predicted octanol–water partition coefficient (Wildman–Crippen LogP) is 3.69. The minimum Gasteiger partial charge on any atom is -0.353 e. The Bertz CT molecular complexity index is 664. The van der Waals surface area contributed by atoms with Crippen molar-refractivity contribution in [3.63, 3.8) is 0 Å². The minimum atomic E-state index is -1.90. The fraction of sp³-hybridized carbons (Fsp3) is 0.400. The molecule has 2 aromatic carbocycles. The number of rotatable bonds is 5. The van der Waals surface area contributed by atoms with Crippen molar-refractivity contribution >= 4 is 18.4 Å². The molecule has 24 heavy (non-hydrogen) atoms. The van der Waals surface area contributed by atoms with Crippen molar-refractivity contribution in [1.29, 1.82) is 0 Å². The lowest BCUT2D eigenvalue weighted by atomic mass is 10.2. The molecule has 1 atom stereocenters. The zero-order valence-electron chi connectivity index (χ0n) is 14.4. The molecule has 0 amide bonds. The highest BCUT2D eigenvalue weighted by atomic mass is 28.3. The lowest BCUT2D eigenvalue weighted by Gasteiger charge is -2.28. The van der Waals surface area contributed by atoms with Gasteiger partial charge in [-0.05, 0) is 42.1 Å². The molecule has 0 aromatic heterocycles. The van der Waals surface area contributed by atoms with Crippen LogP contribution in [-0.2, 0) is 16.1 Å². The van der Waals surface area contributed by atoms with Gasteiger partial charge in [-0.25, -0.2) is 4.39 Å². The molecule has 0 spiro atoms. The summed E-state index contributed by atoms with van der Waals surface area (Å²) in [6.07, 6.45) is 3.19. The minimum absolute atomic E-state index is 0.0811. The van der Waals surface area contributed by atoms with Crippen molar-refractivity contribution in [2.75, 3.05) is 6.61 Å². The van der Waals surface area contributed by atoms with Crippen molar-refractivity contribution in [1.82, 2.24) is 0 Å². The molecular formula is C20H25FO2Si. The monoisotopic (exact) mass is 344 g/mol. The molecule has 1 heterocycles. The molecule has 128 valence electrons. The van der Waals surface area contributed by atoms with Crippen molar-refractivity contribution in [2.24, 2.45) is 0 Å². The third kappa shape index (κ3) is 3.94. The van der Waals surface area contributed by atoms with Crippen LogP contribution in [0.2, 0.25) is 13.1 Å². The molecule has 1 unspecified atom stereocenters. The Morgan fingerprint density at radius 3 is 2.54 bits per heavy atom. The van der Waals surface area contributed by atoms with Crippen LogP contribution in [0.4, 0.5) is 4.39 Å². The molecule has 0 bridgehead atoms. The van der Waals surface area contributed by atoms with Crippen LogP contribution in [0.1, 0.15) is 24.8 Å². The summed E-state index contributed by atoms with van der Waals surface area (Å²) in [6, 6.07) is 15.4. The molecule has 0 N–H and O–H groups in total. The fourth-order valence-corrected chi connectivity index (χ4v) is 6.09. The predicted molar refractivity (Wildman–Crippen MR) is 98.0 cm³/mol. The largest absolute Gasteiger partial charge is 0.353 e. The lowest BCUT2D eigenvalue weighted by molar-refractivity contribution is -0.168. The quantitative estimate of drug-likeness (QED) is 0.770. The summed E-state index contributed by atoms with van der Waals surface area (Å²) in [4.78, 5) is 0. The molecule has 1 saturated heterocycles. The number of halogens is 1. The first kappa shape index (κ1) is 17.3. The van der Waals surface area contributed by atoms with Crippen LogP contribution in [0.25, 0.3) is 0 Å². The Hall–Kier alpha value is -1.49. The van der Waals surface area contributed by atoms with Gasteiger partial charge < -0.3 is 9.47 Å². The fourth-order valence-electron chi connectivity index (χ4n) is 3.30. The molecule has 1 aliphatic rings. The van der Waals surface area contributed by atoms with Gasteiger partial charge in [-0.2, -0.15) is 0 Å². The maximum Gasteiger partial charge on any atom is 0.158 e. The summed E-state index contributed by atoms with van der Waals surface area (Å²) in [5, 5.41) is 2.57. The van der Waals surface area contributed by atoms with E-state index in [-0.39, 0.29) is 12.1 Å². The maximum absolute atomic E-state index is 13.3. The highest BCUT2D eigenvalue weighted by molar-refractivity contribution is 7.00. The molecule has 3 rings (SSSR count). The van der Waals surface area contributed by atoms with Gasteiger partial charge in [0.05, 0.1) is 6.61 Å². The van der Waals surface area contributed by atoms with E-state index >= 15 is 0 Å². The van der Waals surface area contributed by atoms with Crippen LogP contribution in [0.3, 0.4) is 0 Å². The SMILES string of the molecule is C[Si](C)(c1ccc(F)cc1)c1ccccc1COC1CCCCO1. The van der Waals surface area contributed by atoms with E-state index in [1.54, 1.807) is 12.1 Å². The molecule has 0 radical (unpaired) electrons. The lowest BCUT2D eigenvalue weighted by Crippen LogP contribution is -2.54. The van der Waals surface area contributed by atoms with Crippen molar-refractivity contribution in [2.45, 2.75) is 45.3 Å². The second kappa shape index (κ2) is 7.60. The number of hydrogen-bond acceptors (Lipinski definition) is 2. The normalized spacial score (nSPS) is 18.5. The number of hydrogen-bond donors (Lipinski definition) is 0. The van der Waals surface area contributed by atoms with Gasteiger partial charge in [0.2, 0.25) is 0 Å². The van der Waals surface area contributed by atoms with Crippen LogP contribution in [-0.4, -0.2) is 21.0 Å². The van der Waals surface area contributed by atoms with Gasteiger partial charge in [0.25, 0.3) is 0 Å². The van der Waals surface area contributed by atoms with E-state index in [1.807, 2.05) is 12.1 Å². The van der Waals surface area contributed by atoms with E-state index in [1.165, 1.54) is 22.4 Å². The van der Waals surface area contributed by atoms with Gasteiger partial charge in [0, 0.05) is 6.61 Å². The Kier molecular flexibility index (Phi) is 5.49. The molecule has 2 aromatic rings. The molecule has 0 aliphatic carbocycles. The second-order valence-electron chi connectivity index (χ2n) is 6.90. The zero-order valence-corrected chi connectivity index (χ0v) is 15.4. The van der Waals surface area contributed by atoms with Crippen LogP contribution in [0, 0.1) is 5.82 Å². The average molecular weight is 345 g/mol. The van der Waals surface area contributed by atoms with Crippen LogP contribution >= 0.6 is 0 Å². The third-order valence-corrected chi connectivity index (χ3v) is 8.43. The van der Waals surface area contributed by atoms with E-state index in [0.717, 1.165) is 19.4 Å². The van der Waals surface area contributed by atoms with E-state index < -0.39 is 8.07 Å². The van der Waals surface area contributed by atoms with Crippen LogP contribution in [0.5, 0.6) is 0 Å². The van der Waals surface area contributed by atoms with Crippen molar-refractivity contribution < 1.29 is 13.9 Å². The summed E-state index contributed by atoms with van der Waals surface area (Å²) in [6.45, 7) is 5.97. The first-order chi connectivity index (χ1) is 11.6. The van der Waals surface area contributed by atoms with Gasteiger partial charge in [-0.15, -0.1) is 0 Å². The first-order valence-electron chi connectivity index (χ1n) is 8.65. The summed E-state index contributed by atoms with van der Waals surface area (Å²) < 4.78 is 24.9. The average Bonchev–Trinajstić information content (AvgIpc) is 2.61. The summed E-state index contributed by atoms with van der Waals surface area (Å²) in [5.74, 6) is -0.186. The van der Waals surface area contributed by atoms with Crippen LogP contribution in [0.15, 0.2) is 48.5 Å². The molecule has 0 saturated carbocycles. The van der Waals surface area contributed by atoms with Gasteiger partial charge in [-0.3, -0.25) is 0 Å². The van der Waals surface area contributed by atoms with Gasteiger partial charge in [0.1, 0.15) is 13.9 Å². The van der Waals surface area contributed by atoms with E-state index in [4.69, 9.17) is 9.47 Å². The summed E-state index contributed by atoms with van der Waals surface area (Å²) in [7, 11) is -1.90. The molecular weight excluding hydrogens is 319 g/mol. The molecule has 1 fully saturated rings. The van der Waals surface area contributed by atoms with Gasteiger partial charge >= 0.3 is 0 Å². The highest BCUT2D eigenvalue weighted by Gasteiger charge is 2.28. The van der Waals surface area contributed by atoms with Crippen molar-refractivity contribution in [3.05, 3.63) is 59.9 Å². The zero-order chi connectivity index (χ0) is 17.0. The topological polar surface area (TPSA) is 18.5 Å². The maximum atomic E-state index is 13.3. The van der Waals surface area contributed by atoms with Gasteiger partial charge in [0.15, 0.2) is 6.29 Å². The summed E-state index contributed by atoms with van der Waals surface area (Å²) >= 11 is 0. The highest BCUT2D eigenvalue weighted by Crippen LogP contribution is 2.16. The Morgan fingerprint density at radius 1 is 1.08 bits per heavy atom. The van der Waals surface area contributed by atoms with E-state index in [9.17, 15) is 4.39 Å². The standard InChI is InChI=1S/C20H25FO2Si/c1-24(2,18-12-10-17(21)11-13-18)19-8-4-3-7-16(19)15-23-20-9-5-6-14-22-20/h3-4,7-8,10-13,20H,5-6,9,14-15H2,1-2H3. The van der Waals surface area contributed by atoms with Gasteiger partial charge in [-0.1, -0.05) is 54.7 Å². The Balaban J connectivity index is 1.80. The smallest absolute Gasteiger partial charge is 0.158 e. The number of ether oxygens (including phenoxy) is 2. The second-order valence-corrected chi connectivity index (χ2v) is 11.3. The third-order valence-electron chi connectivity index (χ3n) is 4.82. The Labute approximate surface area is 144 Å². The van der Waals surface area contributed by atoms with E-state index in [0.29, 0.717) is 6.61 Å². The Morgan fingerprint density at radius 2 is 1.83 bits per heavy atom. The van der Waals surface area contributed by atoms with Crippen LogP contribution < -0.4 is 10.4 Å². The van der Waals surface area contributed by atoms with E-state index in [2.05, 4.69) is 37.4 Å². The van der Waals surface area contributed by atoms with Crippen molar-refractivity contribution in [3.8, 4) is 0 Å². The molecule has 4 heteroatoms. The first-order valence-corrected chi connectivity index (χ1v) is 11.6. The molecule has 1 aliphatic heterocycles. The molecule has 2 nitrogen and oxygen atoms in total. The number of benzene rings is 2. The summed E-state index contributed by atoms with van der Waals surface area (Å²) in [5.41, 5.74) is 1.22.